The van der Waals surface area contributed by atoms with Crippen molar-refractivity contribution in [3.63, 3.8) is 0 Å². The summed E-state index contributed by atoms with van der Waals surface area (Å²) in [6.07, 6.45) is 0. The lowest BCUT2D eigenvalue weighted by atomic mass is 10.1. The normalized spacial score (nSPS) is 10.6. The molecule has 18 heavy (non-hydrogen) atoms. The topological polar surface area (TPSA) is 80.9 Å². The molecule has 1 aromatic heterocycles. The Labute approximate surface area is 99.9 Å². The summed E-state index contributed by atoms with van der Waals surface area (Å²) in [6, 6.07) is 1.94. The minimum Gasteiger partial charge on any atom is -0.480 e. The Morgan fingerprint density at radius 3 is 2.78 bits per heavy atom. The lowest BCUT2D eigenvalue weighted by molar-refractivity contribution is -0.137. The maximum atomic E-state index is 13.6. The summed E-state index contributed by atoms with van der Waals surface area (Å²) in [5.74, 6) is -2.76. The first-order valence-corrected chi connectivity index (χ1v) is 4.93. The van der Waals surface area contributed by atoms with Crippen LogP contribution in [0.25, 0.3) is 11.4 Å². The van der Waals surface area contributed by atoms with E-state index in [9.17, 15) is 13.6 Å². The van der Waals surface area contributed by atoms with Gasteiger partial charge in [0.2, 0.25) is 0 Å². The molecule has 0 atom stereocenters. The molecule has 8 heteroatoms. The van der Waals surface area contributed by atoms with E-state index in [2.05, 4.69) is 15.5 Å². The quantitative estimate of drug-likeness (QED) is 0.884. The third-order valence-electron chi connectivity index (χ3n) is 2.31. The van der Waals surface area contributed by atoms with Crippen LogP contribution in [0.4, 0.5) is 8.78 Å². The monoisotopic (exact) mass is 254 g/mol. The van der Waals surface area contributed by atoms with Gasteiger partial charge in [-0.15, -0.1) is 5.10 Å². The SMILES string of the molecule is Cc1cc(-c2nnnn2CC(=O)O)c(F)cc1F. The third kappa shape index (κ3) is 2.17. The van der Waals surface area contributed by atoms with Crippen molar-refractivity contribution in [2.24, 2.45) is 0 Å². The second-order valence-corrected chi connectivity index (χ2v) is 3.64. The molecule has 0 aliphatic carbocycles. The van der Waals surface area contributed by atoms with Crippen LogP contribution in [0.1, 0.15) is 5.56 Å². The Hall–Kier alpha value is -2.38. The van der Waals surface area contributed by atoms with Crippen molar-refractivity contribution in [1.82, 2.24) is 20.2 Å². The van der Waals surface area contributed by atoms with Crippen LogP contribution < -0.4 is 0 Å². The van der Waals surface area contributed by atoms with Gasteiger partial charge in [0.1, 0.15) is 18.2 Å². The number of tetrazole rings is 1. The molecule has 0 fully saturated rings. The molecular formula is C10H8F2N4O2. The number of hydrogen-bond donors (Lipinski definition) is 1. The van der Waals surface area contributed by atoms with Crippen molar-refractivity contribution in [3.05, 3.63) is 29.3 Å². The summed E-state index contributed by atoms with van der Waals surface area (Å²) in [6.45, 7) is 0.960. The summed E-state index contributed by atoms with van der Waals surface area (Å²) in [5.41, 5.74) is 0.177. The van der Waals surface area contributed by atoms with E-state index in [-0.39, 0.29) is 17.0 Å². The number of nitrogens with zero attached hydrogens (tertiary/aromatic N) is 4. The van der Waals surface area contributed by atoms with Gasteiger partial charge in [-0.05, 0) is 29.0 Å². The van der Waals surface area contributed by atoms with Gasteiger partial charge in [-0.2, -0.15) is 0 Å². The number of carboxylic acid groups (broad SMARTS) is 1. The second-order valence-electron chi connectivity index (χ2n) is 3.64. The zero-order valence-electron chi connectivity index (χ0n) is 9.26. The molecule has 94 valence electrons. The average Bonchev–Trinajstić information content (AvgIpc) is 2.70. The highest BCUT2D eigenvalue weighted by Crippen LogP contribution is 2.23. The Balaban J connectivity index is 2.52. The van der Waals surface area contributed by atoms with Gasteiger partial charge in [0.05, 0.1) is 5.56 Å². The van der Waals surface area contributed by atoms with Crippen molar-refractivity contribution in [1.29, 1.82) is 0 Å². The van der Waals surface area contributed by atoms with Gasteiger partial charge in [0, 0.05) is 6.07 Å². The largest absolute Gasteiger partial charge is 0.480 e. The number of aryl methyl sites for hydroxylation is 1. The molecule has 1 N–H and O–H groups in total. The highest BCUT2D eigenvalue weighted by atomic mass is 19.1. The number of aromatic nitrogens is 4. The summed E-state index contributed by atoms with van der Waals surface area (Å²) in [7, 11) is 0. The number of aliphatic carboxylic acids is 1. The summed E-state index contributed by atoms with van der Waals surface area (Å²) >= 11 is 0. The molecule has 6 nitrogen and oxygen atoms in total. The molecule has 0 bridgehead atoms. The number of benzene rings is 1. The predicted molar refractivity (Wildman–Crippen MR) is 55.5 cm³/mol. The van der Waals surface area contributed by atoms with Gasteiger partial charge in [-0.1, -0.05) is 0 Å². The van der Waals surface area contributed by atoms with E-state index in [0.29, 0.717) is 6.07 Å². The maximum absolute atomic E-state index is 13.6. The maximum Gasteiger partial charge on any atom is 0.325 e. The van der Waals surface area contributed by atoms with Gasteiger partial charge in [-0.25, -0.2) is 13.5 Å². The molecule has 0 radical (unpaired) electrons. The van der Waals surface area contributed by atoms with Crippen LogP contribution in [-0.2, 0) is 11.3 Å². The fraction of sp³-hybridized carbons (Fsp3) is 0.200. The first-order chi connectivity index (χ1) is 8.49. The molecule has 0 amide bonds. The van der Waals surface area contributed by atoms with Gasteiger partial charge in [0.25, 0.3) is 0 Å². The van der Waals surface area contributed by atoms with Gasteiger partial charge >= 0.3 is 5.97 Å². The lowest BCUT2D eigenvalue weighted by Crippen LogP contribution is -2.12. The number of carboxylic acids is 1. The standard InChI is InChI=1S/C10H8F2N4O2/c1-5-2-6(8(12)3-7(5)11)10-13-14-15-16(10)4-9(17)18/h2-3H,4H2,1H3,(H,17,18). The lowest BCUT2D eigenvalue weighted by Gasteiger charge is -2.05. The predicted octanol–water partition coefficient (Wildman–Crippen LogP) is 1.01. The summed E-state index contributed by atoms with van der Waals surface area (Å²) in [5, 5.41) is 18.9. The van der Waals surface area contributed by atoms with Crippen molar-refractivity contribution >= 4 is 5.97 Å². The highest BCUT2D eigenvalue weighted by molar-refractivity contribution is 5.68. The van der Waals surface area contributed by atoms with Crippen molar-refractivity contribution in [2.45, 2.75) is 13.5 Å². The van der Waals surface area contributed by atoms with E-state index < -0.39 is 24.1 Å². The van der Waals surface area contributed by atoms with Gasteiger partial charge < -0.3 is 5.11 Å². The highest BCUT2D eigenvalue weighted by Gasteiger charge is 2.17. The molecule has 0 aliphatic heterocycles. The van der Waals surface area contributed by atoms with E-state index in [1.54, 1.807) is 0 Å². The van der Waals surface area contributed by atoms with Crippen molar-refractivity contribution in [3.8, 4) is 11.4 Å². The molecule has 0 aliphatic rings. The number of carbonyl (C=O) groups is 1. The van der Waals surface area contributed by atoms with Crippen LogP contribution >= 0.6 is 0 Å². The number of hydrogen-bond acceptors (Lipinski definition) is 4. The van der Waals surface area contributed by atoms with Crippen LogP contribution in [0.3, 0.4) is 0 Å². The Morgan fingerprint density at radius 1 is 1.39 bits per heavy atom. The summed E-state index contributed by atoms with van der Waals surface area (Å²) < 4.78 is 27.7. The van der Waals surface area contributed by atoms with E-state index in [1.807, 2.05) is 0 Å². The number of rotatable bonds is 3. The minimum absolute atomic E-state index is 0.0415. The van der Waals surface area contributed by atoms with Crippen LogP contribution in [-0.4, -0.2) is 31.3 Å². The zero-order chi connectivity index (χ0) is 13.3. The Bertz CT molecular complexity index is 612. The third-order valence-corrected chi connectivity index (χ3v) is 2.31. The number of halogens is 2. The molecule has 0 spiro atoms. The van der Waals surface area contributed by atoms with Crippen molar-refractivity contribution in [2.75, 3.05) is 0 Å². The summed E-state index contributed by atoms with van der Waals surface area (Å²) in [4.78, 5) is 10.6. The van der Waals surface area contributed by atoms with Crippen LogP contribution in [0.5, 0.6) is 0 Å². The molecule has 1 aromatic carbocycles. The first-order valence-electron chi connectivity index (χ1n) is 4.93. The van der Waals surface area contributed by atoms with E-state index in [0.717, 1.165) is 4.68 Å². The molecule has 2 rings (SSSR count). The second kappa shape index (κ2) is 4.47. The fourth-order valence-electron chi connectivity index (χ4n) is 1.46. The average molecular weight is 254 g/mol. The molecule has 0 saturated carbocycles. The van der Waals surface area contributed by atoms with Crippen LogP contribution in [0.2, 0.25) is 0 Å². The molecular weight excluding hydrogens is 246 g/mol. The van der Waals surface area contributed by atoms with E-state index in [1.165, 1.54) is 13.0 Å². The Morgan fingerprint density at radius 2 is 2.11 bits per heavy atom. The Kier molecular flexibility index (Phi) is 3.00. The van der Waals surface area contributed by atoms with Crippen LogP contribution in [0, 0.1) is 18.6 Å². The van der Waals surface area contributed by atoms with E-state index >= 15 is 0 Å². The van der Waals surface area contributed by atoms with Crippen molar-refractivity contribution < 1.29 is 18.7 Å². The molecule has 0 unspecified atom stereocenters. The molecule has 0 saturated heterocycles. The zero-order valence-corrected chi connectivity index (χ0v) is 9.26. The van der Waals surface area contributed by atoms with Gasteiger partial charge in [-0.3, -0.25) is 4.79 Å². The van der Waals surface area contributed by atoms with Gasteiger partial charge in [0.15, 0.2) is 5.82 Å². The van der Waals surface area contributed by atoms with E-state index in [4.69, 9.17) is 5.11 Å². The molecule has 1 heterocycles. The fourth-order valence-corrected chi connectivity index (χ4v) is 1.46. The minimum atomic E-state index is -1.16. The van der Waals surface area contributed by atoms with Crippen LogP contribution in [0.15, 0.2) is 12.1 Å². The molecule has 2 aromatic rings. The smallest absolute Gasteiger partial charge is 0.325 e. The first kappa shape index (κ1) is 12.1.